The molecule has 2 rings (SSSR count). The zero-order chi connectivity index (χ0) is 14.0. The fourth-order valence-corrected chi connectivity index (χ4v) is 2.79. The number of aryl methyl sites for hydroxylation is 2. The predicted molar refractivity (Wildman–Crippen MR) is 76.0 cm³/mol. The lowest BCUT2D eigenvalue weighted by atomic mass is 10.1. The summed E-state index contributed by atoms with van der Waals surface area (Å²) in [5, 5.41) is 0.236. The molecule has 2 aromatic rings. The summed E-state index contributed by atoms with van der Waals surface area (Å²) in [5.74, 6) is 0.200. The van der Waals surface area contributed by atoms with E-state index in [0.717, 1.165) is 11.1 Å². The first-order valence-electron chi connectivity index (χ1n) is 5.61. The SMILES string of the molecule is Cc1ccc(S(=O)(=O)Nc2cccc(Cl)n2)cc1C. The maximum absolute atomic E-state index is 12.2. The van der Waals surface area contributed by atoms with Crippen LogP contribution in [-0.4, -0.2) is 13.4 Å². The molecule has 4 nitrogen and oxygen atoms in total. The lowest BCUT2D eigenvalue weighted by Crippen LogP contribution is -2.14. The second-order valence-corrected chi connectivity index (χ2v) is 6.27. The predicted octanol–water partition coefficient (Wildman–Crippen LogP) is 3.15. The smallest absolute Gasteiger partial charge is 0.263 e. The average Bonchev–Trinajstić information content (AvgIpc) is 2.32. The molecular weight excluding hydrogens is 284 g/mol. The van der Waals surface area contributed by atoms with Gasteiger partial charge in [0.1, 0.15) is 11.0 Å². The number of pyridine rings is 1. The van der Waals surface area contributed by atoms with Gasteiger partial charge < -0.3 is 0 Å². The van der Waals surface area contributed by atoms with Crippen molar-refractivity contribution in [3.8, 4) is 0 Å². The minimum absolute atomic E-state index is 0.200. The van der Waals surface area contributed by atoms with Crippen molar-refractivity contribution in [2.75, 3.05) is 4.72 Å². The number of benzene rings is 1. The van der Waals surface area contributed by atoms with Crippen molar-refractivity contribution in [2.45, 2.75) is 18.7 Å². The summed E-state index contributed by atoms with van der Waals surface area (Å²) in [6.45, 7) is 3.80. The molecule has 1 aromatic carbocycles. The van der Waals surface area contributed by atoms with Crippen LogP contribution in [0.1, 0.15) is 11.1 Å². The van der Waals surface area contributed by atoms with Gasteiger partial charge in [-0.25, -0.2) is 13.4 Å². The zero-order valence-corrected chi connectivity index (χ0v) is 12.1. The highest BCUT2D eigenvalue weighted by Gasteiger charge is 2.15. The molecule has 0 saturated carbocycles. The number of halogens is 1. The van der Waals surface area contributed by atoms with Crippen LogP contribution in [-0.2, 0) is 10.0 Å². The van der Waals surface area contributed by atoms with Gasteiger partial charge in [0.25, 0.3) is 10.0 Å². The van der Waals surface area contributed by atoms with E-state index in [1.165, 1.54) is 0 Å². The second-order valence-electron chi connectivity index (χ2n) is 4.20. The van der Waals surface area contributed by atoms with E-state index in [1.54, 1.807) is 36.4 Å². The topological polar surface area (TPSA) is 59.1 Å². The molecule has 1 heterocycles. The molecule has 0 aliphatic heterocycles. The number of anilines is 1. The Morgan fingerprint density at radius 1 is 1.11 bits per heavy atom. The monoisotopic (exact) mass is 296 g/mol. The maximum Gasteiger partial charge on any atom is 0.263 e. The van der Waals surface area contributed by atoms with E-state index >= 15 is 0 Å². The summed E-state index contributed by atoms with van der Waals surface area (Å²) in [5.41, 5.74) is 1.96. The third-order valence-corrected chi connectivity index (χ3v) is 4.31. The summed E-state index contributed by atoms with van der Waals surface area (Å²) < 4.78 is 26.8. The van der Waals surface area contributed by atoms with E-state index in [4.69, 9.17) is 11.6 Å². The van der Waals surface area contributed by atoms with Crippen LogP contribution < -0.4 is 4.72 Å². The second kappa shape index (κ2) is 5.19. The van der Waals surface area contributed by atoms with Crippen LogP contribution in [0.3, 0.4) is 0 Å². The fourth-order valence-electron chi connectivity index (χ4n) is 1.54. The Bertz CT molecular complexity index is 714. The lowest BCUT2D eigenvalue weighted by molar-refractivity contribution is 0.601. The number of hydrogen-bond acceptors (Lipinski definition) is 3. The summed E-state index contributed by atoms with van der Waals surface area (Å²) in [7, 11) is -3.64. The van der Waals surface area contributed by atoms with Crippen molar-refractivity contribution in [1.29, 1.82) is 0 Å². The molecule has 1 N–H and O–H groups in total. The van der Waals surface area contributed by atoms with Gasteiger partial charge in [-0.2, -0.15) is 0 Å². The molecule has 19 heavy (non-hydrogen) atoms. The number of aromatic nitrogens is 1. The number of nitrogens with zero attached hydrogens (tertiary/aromatic N) is 1. The van der Waals surface area contributed by atoms with Crippen molar-refractivity contribution in [2.24, 2.45) is 0 Å². The van der Waals surface area contributed by atoms with Gasteiger partial charge >= 0.3 is 0 Å². The quantitative estimate of drug-likeness (QED) is 0.885. The molecule has 0 bridgehead atoms. The Hall–Kier alpha value is -1.59. The maximum atomic E-state index is 12.2. The molecule has 0 atom stereocenters. The van der Waals surface area contributed by atoms with Crippen LogP contribution in [0, 0.1) is 13.8 Å². The molecular formula is C13H13ClN2O2S. The first-order chi connectivity index (χ1) is 8.88. The molecule has 6 heteroatoms. The zero-order valence-electron chi connectivity index (χ0n) is 10.5. The molecule has 0 aliphatic carbocycles. The number of hydrogen-bond donors (Lipinski definition) is 1. The van der Waals surface area contributed by atoms with Crippen LogP contribution in [0.2, 0.25) is 5.15 Å². The first-order valence-corrected chi connectivity index (χ1v) is 7.47. The molecule has 0 unspecified atom stereocenters. The van der Waals surface area contributed by atoms with Crippen molar-refractivity contribution >= 4 is 27.4 Å². The minimum atomic E-state index is -3.64. The normalized spacial score (nSPS) is 11.3. The van der Waals surface area contributed by atoms with E-state index in [-0.39, 0.29) is 15.9 Å². The Morgan fingerprint density at radius 3 is 2.47 bits per heavy atom. The summed E-state index contributed by atoms with van der Waals surface area (Å²) in [4.78, 5) is 4.10. The average molecular weight is 297 g/mol. The van der Waals surface area contributed by atoms with Gasteiger partial charge in [0.2, 0.25) is 0 Å². The highest BCUT2D eigenvalue weighted by molar-refractivity contribution is 7.92. The standard InChI is InChI=1S/C13H13ClN2O2S/c1-9-6-7-11(8-10(9)2)19(17,18)16-13-5-3-4-12(14)15-13/h3-8H,1-2H3,(H,15,16). The molecule has 1 aromatic heterocycles. The van der Waals surface area contributed by atoms with Gasteiger partial charge in [0, 0.05) is 0 Å². The van der Waals surface area contributed by atoms with Crippen LogP contribution in [0.15, 0.2) is 41.3 Å². The minimum Gasteiger partial charge on any atom is -0.263 e. The summed E-state index contributed by atoms with van der Waals surface area (Å²) in [6.07, 6.45) is 0. The van der Waals surface area contributed by atoms with Crippen molar-refractivity contribution < 1.29 is 8.42 Å². The third kappa shape index (κ3) is 3.24. The van der Waals surface area contributed by atoms with Gasteiger partial charge in [-0.3, -0.25) is 4.72 Å². The van der Waals surface area contributed by atoms with E-state index in [9.17, 15) is 8.42 Å². The Morgan fingerprint density at radius 2 is 1.84 bits per heavy atom. The van der Waals surface area contributed by atoms with Gasteiger partial charge in [-0.15, -0.1) is 0 Å². The lowest BCUT2D eigenvalue weighted by Gasteiger charge is -2.09. The molecule has 0 amide bonds. The highest BCUT2D eigenvalue weighted by atomic mass is 35.5. The van der Waals surface area contributed by atoms with Crippen LogP contribution in [0.25, 0.3) is 0 Å². The van der Waals surface area contributed by atoms with E-state index in [2.05, 4.69) is 9.71 Å². The van der Waals surface area contributed by atoms with Gasteiger partial charge in [0.15, 0.2) is 0 Å². The highest BCUT2D eigenvalue weighted by Crippen LogP contribution is 2.18. The molecule has 100 valence electrons. The van der Waals surface area contributed by atoms with Crippen LogP contribution in [0.4, 0.5) is 5.82 Å². The van der Waals surface area contributed by atoms with Crippen LogP contribution in [0.5, 0.6) is 0 Å². The summed E-state index contributed by atoms with van der Waals surface area (Å²) >= 11 is 5.72. The molecule has 0 spiro atoms. The number of rotatable bonds is 3. The van der Waals surface area contributed by atoms with Crippen LogP contribution >= 0.6 is 11.6 Å². The van der Waals surface area contributed by atoms with Crippen molar-refractivity contribution in [3.63, 3.8) is 0 Å². The Labute approximate surface area is 117 Å². The van der Waals surface area contributed by atoms with Crippen molar-refractivity contribution in [3.05, 3.63) is 52.7 Å². The molecule has 0 radical (unpaired) electrons. The van der Waals surface area contributed by atoms with E-state index in [1.807, 2.05) is 13.8 Å². The Kier molecular flexibility index (Phi) is 3.78. The molecule has 0 fully saturated rings. The van der Waals surface area contributed by atoms with Gasteiger partial charge in [0.05, 0.1) is 4.90 Å². The van der Waals surface area contributed by atoms with Gasteiger partial charge in [-0.1, -0.05) is 23.7 Å². The first kappa shape index (κ1) is 13.8. The Balaban J connectivity index is 2.35. The fraction of sp³-hybridized carbons (Fsp3) is 0.154. The van der Waals surface area contributed by atoms with E-state index in [0.29, 0.717) is 0 Å². The molecule has 0 saturated heterocycles. The number of sulfonamides is 1. The largest absolute Gasteiger partial charge is 0.263 e. The third-order valence-electron chi connectivity index (χ3n) is 2.74. The number of nitrogens with one attached hydrogen (secondary N) is 1. The summed E-state index contributed by atoms with van der Waals surface area (Å²) in [6, 6.07) is 9.72. The molecule has 0 aliphatic rings. The van der Waals surface area contributed by atoms with Gasteiger partial charge in [-0.05, 0) is 49.2 Å². The van der Waals surface area contributed by atoms with E-state index < -0.39 is 10.0 Å². The van der Waals surface area contributed by atoms with Crippen molar-refractivity contribution in [1.82, 2.24) is 4.98 Å².